The molecule has 0 atom stereocenters. The molecule has 0 radical (unpaired) electrons. The van der Waals surface area contributed by atoms with Crippen LogP contribution in [-0.2, 0) is 4.79 Å². The number of benzene rings is 1. The zero-order valence-electron chi connectivity index (χ0n) is 17.3. The summed E-state index contributed by atoms with van der Waals surface area (Å²) in [4.78, 5) is 26.5. The Morgan fingerprint density at radius 3 is 2.12 bits per heavy atom. The Bertz CT molecular complexity index is 1150. The summed E-state index contributed by atoms with van der Waals surface area (Å²) < 4.78 is 46.9. The van der Waals surface area contributed by atoms with Crippen LogP contribution in [0.2, 0.25) is 0 Å². The number of amides is 1. The van der Waals surface area contributed by atoms with E-state index in [9.17, 15) is 22.4 Å². The highest BCUT2D eigenvalue weighted by Gasteiger charge is 2.42. The minimum atomic E-state index is -5.08. The Labute approximate surface area is 186 Å². The molecule has 2 fully saturated rings. The van der Waals surface area contributed by atoms with Crippen LogP contribution in [-0.4, -0.2) is 38.6 Å². The number of alkyl halides is 3. The smallest absolute Gasteiger partial charge is 0.475 e. The van der Waals surface area contributed by atoms with Gasteiger partial charge in [-0.05, 0) is 73.9 Å². The number of hydrogen-bond donors (Lipinski definition) is 2. The Morgan fingerprint density at radius 2 is 1.61 bits per heavy atom. The molecule has 2 saturated carbocycles. The molecule has 6 nitrogen and oxygen atoms in total. The zero-order valence-corrected chi connectivity index (χ0v) is 17.3. The van der Waals surface area contributed by atoms with Gasteiger partial charge in [0.25, 0.3) is 5.91 Å². The molecule has 1 aromatic carbocycles. The summed E-state index contributed by atoms with van der Waals surface area (Å²) in [7, 11) is 0. The van der Waals surface area contributed by atoms with E-state index in [-0.39, 0.29) is 17.8 Å². The van der Waals surface area contributed by atoms with Crippen LogP contribution in [0, 0.1) is 17.7 Å². The van der Waals surface area contributed by atoms with Gasteiger partial charge in [0.05, 0.1) is 5.52 Å². The minimum Gasteiger partial charge on any atom is -0.475 e. The van der Waals surface area contributed by atoms with Gasteiger partial charge in [0.1, 0.15) is 11.6 Å². The summed E-state index contributed by atoms with van der Waals surface area (Å²) in [6.45, 7) is 0. The molecule has 0 bridgehead atoms. The van der Waals surface area contributed by atoms with Gasteiger partial charge in [-0.3, -0.25) is 9.20 Å². The Hall–Kier alpha value is -3.43. The predicted molar refractivity (Wildman–Crippen MR) is 111 cm³/mol. The number of imidazole rings is 1. The van der Waals surface area contributed by atoms with Crippen LogP contribution in [0.1, 0.15) is 36.2 Å². The quantitative estimate of drug-likeness (QED) is 0.538. The van der Waals surface area contributed by atoms with Crippen LogP contribution >= 0.6 is 0 Å². The van der Waals surface area contributed by atoms with Crippen molar-refractivity contribution in [2.24, 2.45) is 11.8 Å². The SMILES string of the molecule is O=C(NC(C1CC1)C1CC1)c1nc(-c2ccc(F)cc2)n2ccccc12.O=C(O)C(F)(F)F. The Balaban J connectivity index is 0.000000325. The third-order valence-electron chi connectivity index (χ3n) is 5.67. The lowest BCUT2D eigenvalue weighted by Gasteiger charge is -2.16. The first kappa shape index (κ1) is 22.8. The molecule has 174 valence electrons. The molecule has 2 heterocycles. The van der Waals surface area contributed by atoms with Gasteiger partial charge in [-0.2, -0.15) is 13.2 Å². The predicted octanol–water partition coefficient (Wildman–Crippen LogP) is 4.69. The molecule has 0 aliphatic heterocycles. The van der Waals surface area contributed by atoms with Crippen molar-refractivity contribution in [1.29, 1.82) is 0 Å². The summed E-state index contributed by atoms with van der Waals surface area (Å²) in [5.74, 6) is -1.23. The van der Waals surface area contributed by atoms with Crippen LogP contribution in [0.4, 0.5) is 17.6 Å². The highest BCUT2D eigenvalue weighted by molar-refractivity contribution is 6.00. The average molecular weight is 463 g/mol. The molecule has 2 N–H and O–H groups in total. The van der Waals surface area contributed by atoms with Crippen molar-refractivity contribution in [3.05, 3.63) is 60.2 Å². The number of fused-ring (bicyclic) bond motifs is 1. The van der Waals surface area contributed by atoms with Crippen molar-refractivity contribution in [3.8, 4) is 11.4 Å². The molecule has 0 unspecified atom stereocenters. The molecule has 3 aromatic rings. The van der Waals surface area contributed by atoms with E-state index in [4.69, 9.17) is 9.90 Å². The van der Waals surface area contributed by atoms with Crippen molar-refractivity contribution >= 4 is 17.4 Å². The lowest BCUT2D eigenvalue weighted by atomic mass is 10.1. The fraction of sp³-hybridized carbons (Fsp3) is 0.348. The van der Waals surface area contributed by atoms with E-state index in [0.717, 1.165) is 11.1 Å². The lowest BCUT2D eigenvalue weighted by Crippen LogP contribution is -2.38. The molecule has 2 aliphatic rings. The van der Waals surface area contributed by atoms with Crippen molar-refractivity contribution in [2.75, 3.05) is 0 Å². The molecular formula is C23H21F4N3O3. The van der Waals surface area contributed by atoms with Crippen LogP contribution in [0.3, 0.4) is 0 Å². The fourth-order valence-electron chi connectivity index (χ4n) is 3.76. The van der Waals surface area contributed by atoms with Crippen molar-refractivity contribution in [1.82, 2.24) is 14.7 Å². The van der Waals surface area contributed by atoms with Gasteiger partial charge >= 0.3 is 12.1 Å². The number of nitrogens with one attached hydrogen (secondary N) is 1. The number of aliphatic carboxylic acids is 1. The number of nitrogens with zero attached hydrogens (tertiary/aromatic N) is 2. The molecule has 10 heteroatoms. The van der Waals surface area contributed by atoms with E-state index in [0.29, 0.717) is 23.4 Å². The van der Waals surface area contributed by atoms with Crippen LogP contribution < -0.4 is 5.32 Å². The number of carboxylic acid groups (broad SMARTS) is 1. The van der Waals surface area contributed by atoms with Gasteiger partial charge in [-0.15, -0.1) is 0 Å². The number of carbonyl (C=O) groups excluding carboxylic acids is 1. The standard InChI is InChI=1S/C21H20FN3O.C2HF3O2/c22-16-10-8-15(9-11-16)20-23-19(17-3-1-2-12-25(17)20)21(26)24-18(13-4-5-13)14-6-7-14;3-2(4,5)1(6)7/h1-3,8-14,18H,4-7H2,(H,24,26);(H,6,7). The van der Waals surface area contributed by atoms with Crippen molar-refractivity contribution in [2.45, 2.75) is 37.9 Å². The Kier molecular flexibility index (Phi) is 6.09. The zero-order chi connectivity index (χ0) is 23.8. The number of hydrogen-bond acceptors (Lipinski definition) is 3. The summed E-state index contributed by atoms with van der Waals surface area (Å²) >= 11 is 0. The van der Waals surface area contributed by atoms with Crippen LogP contribution in [0.25, 0.3) is 16.9 Å². The first-order valence-corrected chi connectivity index (χ1v) is 10.5. The number of carboxylic acids is 1. The molecule has 33 heavy (non-hydrogen) atoms. The number of pyridine rings is 1. The second-order valence-electron chi connectivity index (χ2n) is 8.22. The number of carbonyl (C=O) groups is 2. The van der Waals surface area contributed by atoms with Gasteiger partial charge in [-0.1, -0.05) is 6.07 Å². The van der Waals surface area contributed by atoms with Gasteiger partial charge in [0, 0.05) is 17.8 Å². The minimum absolute atomic E-state index is 0.106. The molecule has 0 spiro atoms. The fourth-order valence-corrected chi connectivity index (χ4v) is 3.76. The van der Waals surface area contributed by atoms with Crippen LogP contribution in [0.15, 0.2) is 48.7 Å². The van der Waals surface area contributed by atoms with E-state index < -0.39 is 12.1 Å². The highest BCUT2D eigenvalue weighted by Crippen LogP contribution is 2.44. The third-order valence-corrected chi connectivity index (χ3v) is 5.67. The van der Waals surface area contributed by atoms with E-state index in [1.807, 2.05) is 28.8 Å². The van der Waals surface area contributed by atoms with Crippen LogP contribution in [0.5, 0.6) is 0 Å². The van der Waals surface area contributed by atoms with Gasteiger partial charge < -0.3 is 10.4 Å². The summed E-state index contributed by atoms with van der Waals surface area (Å²) in [6.07, 6.45) is 1.66. The summed E-state index contributed by atoms with van der Waals surface area (Å²) in [5, 5.41) is 10.4. The van der Waals surface area contributed by atoms with Gasteiger partial charge in [0.2, 0.25) is 0 Å². The molecular weight excluding hydrogens is 442 g/mol. The van der Waals surface area contributed by atoms with E-state index in [2.05, 4.69) is 10.3 Å². The van der Waals surface area contributed by atoms with Gasteiger partial charge in [-0.25, -0.2) is 14.2 Å². The molecule has 1 amide bonds. The third kappa shape index (κ3) is 5.32. The number of rotatable bonds is 5. The maximum atomic E-state index is 13.3. The van der Waals surface area contributed by atoms with E-state index in [1.165, 1.54) is 37.8 Å². The first-order chi connectivity index (χ1) is 15.6. The molecule has 0 saturated heterocycles. The van der Waals surface area contributed by atoms with E-state index in [1.54, 1.807) is 12.1 Å². The second kappa shape index (κ2) is 8.84. The lowest BCUT2D eigenvalue weighted by molar-refractivity contribution is -0.192. The maximum Gasteiger partial charge on any atom is 0.490 e. The Morgan fingerprint density at radius 1 is 1.03 bits per heavy atom. The summed E-state index contributed by atoms with van der Waals surface area (Å²) in [5.41, 5.74) is 2.00. The molecule has 2 aliphatic carbocycles. The normalized spacial score (nSPS) is 15.8. The average Bonchev–Trinajstić information content (AvgIpc) is 3.69. The topological polar surface area (TPSA) is 83.7 Å². The number of halogens is 4. The van der Waals surface area contributed by atoms with Gasteiger partial charge in [0.15, 0.2) is 5.69 Å². The maximum absolute atomic E-state index is 13.3. The first-order valence-electron chi connectivity index (χ1n) is 10.5. The summed E-state index contributed by atoms with van der Waals surface area (Å²) in [6, 6.07) is 12.2. The monoisotopic (exact) mass is 463 g/mol. The largest absolute Gasteiger partial charge is 0.490 e. The van der Waals surface area contributed by atoms with E-state index >= 15 is 0 Å². The molecule has 2 aromatic heterocycles. The van der Waals surface area contributed by atoms with Crippen molar-refractivity contribution in [3.63, 3.8) is 0 Å². The molecule has 5 rings (SSSR count). The second-order valence-corrected chi connectivity index (χ2v) is 8.22. The highest BCUT2D eigenvalue weighted by atomic mass is 19.4. The van der Waals surface area contributed by atoms with Crippen molar-refractivity contribution < 1.29 is 32.3 Å². The number of aromatic nitrogens is 2.